The Kier molecular flexibility index (Phi) is 2.75. The Morgan fingerprint density at radius 3 is 2.47 bits per heavy atom. The van der Waals surface area contributed by atoms with Crippen LogP contribution in [0.5, 0.6) is 0 Å². The van der Waals surface area contributed by atoms with Crippen molar-refractivity contribution in [1.82, 2.24) is 10.2 Å². The zero-order chi connectivity index (χ0) is 11.1. The lowest BCUT2D eigenvalue weighted by Gasteiger charge is -2.39. The fraction of sp³-hybridized carbons (Fsp3) is 0.917. The van der Waals surface area contributed by atoms with Gasteiger partial charge >= 0.3 is 0 Å². The predicted molar refractivity (Wildman–Crippen MR) is 60.5 cm³/mol. The molecule has 1 saturated carbocycles. The van der Waals surface area contributed by atoms with Crippen molar-refractivity contribution in [3.63, 3.8) is 0 Å². The summed E-state index contributed by atoms with van der Waals surface area (Å²) in [5.41, 5.74) is 0.211. The van der Waals surface area contributed by atoms with Gasteiger partial charge in [-0.2, -0.15) is 0 Å². The maximum Gasteiger partial charge on any atom is 0.226 e. The van der Waals surface area contributed by atoms with Crippen LogP contribution in [0.25, 0.3) is 0 Å². The van der Waals surface area contributed by atoms with Crippen LogP contribution in [0.4, 0.5) is 0 Å². The number of rotatable bonds is 2. The summed E-state index contributed by atoms with van der Waals surface area (Å²) >= 11 is 0. The zero-order valence-electron chi connectivity index (χ0n) is 10.0. The van der Waals surface area contributed by atoms with Crippen molar-refractivity contribution in [1.29, 1.82) is 0 Å². The van der Waals surface area contributed by atoms with E-state index in [1.807, 2.05) is 11.9 Å². The highest BCUT2D eigenvalue weighted by atomic mass is 16.2. The van der Waals surface area contributed by atoms with E-state index < -0.39 is 0 Å². The quantitative estimate of drug-likeness (QED) is 0.744. The van der Waals surface area contributed by atoms with Gasteiger partial charge in [0.1, 0.15) is 0 Å². The van der Waals surface area contributed by atoms with E-state index in [1.165, 1.54) is 12.8 Å². The van der Waals surface area contributed by atoms with E-state index in [0.717, 1.165) is 19.5 Å². The van der Waals surface area contributed by atoms with Gasteiger partial charge in [-0.3, -0.25) is 4.79 Å². The summed E-state index contributed by atoms with van der Waals surface area (Å²) in [6, 6.07) is 0.439. The molecule has 1 heterocycles. The van der Waals surface area contributed by atoms with Crippen LogP contribution in [0.1, 0.15) is 33.1 Å². The third-order valence-electron chi connectivity index (χ3n) is 4.21. The van der Waals surface area contributed by atoms with Crippen molar-refractivity contribution in [2.45, 2.75) is 39.2 Å². The van der Waals surface area contributed by atoms with Gasteiger partial charge in [-0.1, -0.05) is 20.3 Å². The van der Waals surface area contributed by atoms with Crippen molar-refractivity contribution < 1.29 is 4.79 Å². The maximum atomic E-state index is 12.3. The van der Waals surface area contributed by atoms with Gasteiger partial charge in [0.15, 0.2) is 0 Å². The summed E-state index contributed by atoms with van der Waals surface area (Å²) in [5.74, 6) is 0.618. The Bertz CT molecular complexity index is 258. The first-order valence-corrected chi connectivity index (χ1v) is 6.00. The minimum Gasteiger partial charge on any atom is -0.340 e. The van der Waals surface area contributed by atoms with E-state index >= 15 is 0 Å². The largest absolute Gasteiger partial charge is 0.340 e. The molecule has 86 valence electrons. The number of amides is 1. The number of nitrogens with zero attached hydrogens (tertiary/aromatic N) is 1. The SMILES string of the molecule is CN(C(=O)C1CCCC1(C)C)C1CNC1. The molecule has 1 aliphatic carbocycles. The summed E-state index contributed by atoms with van der Waals surface area (Å²) in [5, 5.41) is 3.21. The van der Waals surface area contributed by atoms with E-state index in [4.69, 9.17) is 0 Å². The number of likely N-dealkylation sites (N-methyl/N-ethyl adjacent to an activating group) is 1. The fourth-order valence-corrected chi connectivity index (χ4v) is 2.76. The third-order valence-corrected chi connectivity index (χ3v) is 4.21. The second-order valence-electron chi connectivity index (χ2n) is 5.69. The van der Waals surface area contributed by atoms with Gasteiger partial charge in [0, 0.05) is 26.1 Å². The van der Waals surface area contributed by atoms with Gasteiger partial charge < -0.3 is 10.2 Å². The lowest BCUT2D eigenvalue weighted by molar-refractivity contribution is -0.140. The predicted octanol–water partition coefficient (Wildman–Crippen LogP) is 1.24. The first-order valence-electron chi connectivity index (χ1n) is 6.00. The molecule has 0 spiro atoms. The van der Waals surface area contributed by atoms with Crippen molar-refractivity contribution in [3.05, 3.63) is 0 Å². The minimum atomic E-state index is 0.211. The molecule has 0 radical (unpaired) electrons. The Morgan fingerprint density at radius 1 is 1.40 bits per heavy atom. The topological polar surface area (TPSA) is 32.3 Å². The molecule has 2 rings (SSSR count). The number of carbonyl (C=O) groups is 1. The molecule has 15 heavy (non-hydrogen) atoms. The van der Waals surface area contributed by atoms with Gasteiger partial charge in [0.2, 0.25) is 5.91 Å². The highest BCUT2D eigenvalue weighted by Crippen LogP contribution is 2.43. The third kappa shape index (κ3) is 1.89. The molecule has 2 fully saturated rings. The highest BCUT2D eigenvalue weighted by molar-refractivity contribution is 5.80. The summed E-state index contributed by atoms with van der Waals surface area (Å²) in [4.78, 5) is 14.3. The summed E-state index contributed by atoms with van der Waals surface area (Å²) in [6.07, 6.45) is 3.48. The molecular weight excluding hydrogens is 188 g/mol. The van der Waals surface area contributed by atoms with E-state index in [-0.39, 0.29) is 11.3 Å². The van der Waals surface area contributed by atoms with Gasteiger partial charge in [-0.15, -0.1) is 0 Å². The van der Waals surface area contributed by atoms with Crippen LogP contribution in [0.2, 0.25) is 0 Å². The van der Waals surface area contributed by atoms with E-state index in [2.05, 4.69) is 19.2 Å². The van der Waals surface area contributed by atoms with Crippen LogP contribution < -0.4 is 5.32 Å². The molecule has 3 nitrogen and oxygen atoms in total. The molecule has 0 aromatic heterocycles. The normalized spacial score (nSPS) is 29.9. The Balaban J connectivity index is 2.00. The summed E-state index contributed by atoms with van der Waals surface area (Å²) < 4.78 is 0. The molecule has 1 amide bonds. The number of carbonyl (C=O) groups excluding carboxylic acids is 1. The Labute approximate surface area is 92.2 Å². The average Bonchev–Trinajstić information content (AvgIpc) is 2.40. The van der Waals surface area contributed by atoms with Crippen molar-refractivity contribution in [2.24, 2.45) is 11.3 Å². The molecule has 0 aromatic carbocycles. The molecular formula is C12H22N2O. The fourth-order valence-electron chi connectivity index (χ4n) is 2.76. The van der Waals surface area contributed by atoms with Crippen molar-refractivity contribution in [3.8, 4) is 0 Å². The molecule has 3 heteroatoms. The van der Waals surface area contributed by atoms with Crippen LogP contribution >= 0.6 is 0 Å². The minimum absolute atomic E-state index is 0.211. The molecule has 1 unspecified atom stereocenters. The summed E-state index contributed by atoms with van der Waals surface area (Å²) in [6.45, 7) is 6.40. The zero-order valence-corrected chi connectivity index (χ0v) is 10.0. The van der Waals surface area contributed by atoms with E-state index in [1.54, 1.807) is 0 Å². The molecule has 1 atom stereocenters. The lowest BCUT2D eigenvalue weighted by Crippen LogP contribution is -2.58. The molecule has 2 aliphatic rings. The van der Waals surface area contributed by atoms with Crippen molar-refractivity contribution in [2.75, 3.05) is 20.1 Å². The van der Waals surface area contributed by atoms with E-state index in [9.17, 15) is 4.79 Å². The second kappa shape index (κ2) is 3.78. The highest BCUT2D eigenvalue weighted by Gasteiger charge is 2.42. The van der Waals surface area contributed by atoms with Gasteiger partial charge in [0.25, 0.3) is 0 Å². The molecule has 1 saturated heterocycles. The monoisotopic (exact) mass is 210 g/mol. The molecule has 0 aromatic rings. The Hall–Kier alpha value is -0.570. The van der Waals surface area contributed by atoms with Gasteiger partial charge in [-0.05, 0) is 18.3 Å². The standard InChI is InChI=1S/C12H22N2O/c1-12(2)6-4-5-10(12)11(15)14(3)9-7-13-8-9/h9-10,13H,4-8H2,1-3H3. The molecule has 1 aliphatic heterocycles. The summed E-state index contributed by atoms with van der Waals surface area (Å²) in [7, 11) is 1.96. The van der Waals surface area contributed by atoms with Crippen molar-refractivity contribution >= 4 is 5.91 Å². The first kappa shape index (κ1) is 10.9. The number of hydrogen-bond acceptors (Lipinski definition) is 2. The smallest absolute Gasteiger partial charge is 0.226 e. The van der Waals surface area contributed by atoms with Crippen LogP contribution in [0, 0.1) is 11.3 Å². The number of hydrogen-bond donors (Lipinski definition) is 1. The Morgan fingerprint density at radius 2 is 2.07 bits per heavy atom. The van der Waals surface area contributed by atoms with Crippen LogP contribution in [-0.4, -0.2) is 37.0 Å². The maximum absolute atomic E-state index is 12.3. The molecule has 1 N–H and O–H groups in total. The van der Waals surface area contributed by atoms with Gasteiger partial charge in [0.05, 0.1) is 6.04 Å². The lowest BCUT2D eigenvalue weighted by atomic mass is 9.81. The average molecular weight is 210 g/mol. The first-order chi connectivity index (χ1) is 7.02. The number of nitrogens with one attached hydrogen (secondary N) is 1. The van der Waals surface area contributed by atoms with Gasteiger partial charge in [-0.25, -0.2) is 0 Å². The second-order valence-corrected chi connectivity index (χ2v) is 5.69. The van der Waals surface area contributed by atoms with Crippen LogP contribution in [-0.2, 0) is 4.79 Å². The van der Waals surface area contributed by atoms with E-state index in [0.29, 0.717) is 11.9 Å². The van der Waals surface area contributed by atoms with Crippen LogP contribution in [0.3, 0.4) is 0 Å². The van der Waals surface area contributed by atoms with Crippen LogP contribution in [0.15, 0.2) is 0 Å². The molecule has 0 bridgehead atoms.